The van der Waals surface area contributed by atoms with Crippen LogP contribution in [0.25, 0.3) is 11.6 Å². The van der Waals surface area contributed by atoms with Gasteiger partial charge in [-0.05, 0) is 34.1 Å². The molecule has 0 aliphatic rings. The third-order valence-electron chi connectivity index (χ3n) is 3.37. The van der Waals surface area contributed by atoms with Crippen molar-refractivity contribution in [3.05, 3.63) is 59.3 Å². The van der Waals surface area contributed by atoms with E-state index in [2.05, 4.69) is 38.0 Å². The van der Waals surface area contributed by atoms with Gasteiger partial charge >= 0.3 is 0 Å². The summed E-state index contributed by atoms with van der Waals surface area (Å²) in [5, 5.41) is 11.1. The molecule has 1 N–H and O–H groups in total. The molecular formula is C17H13BrF2N4O2S. The lowest BCUT2D eigenvalue weighted by atomic mass is 10.3. The van der Waals surface area contributed by atoms with Crippen molar-refractivity contribution in [3.63, 3.8) is 0 Å². The lowest BCUT2D eigenvalue weighted by Gasteiger charge is -2.09. The smallest absolute Gasteiger partial charge is 0.234 e. The van der Waals surface area contributed by atoms with Crippen LogP contribution in [0, 0.1) is 11.6 Å². The van der Waals surface area contributed by atoms with E-state index in [0.717, 1.165) is 17.8 Å². The number of amides is 1. The molecule has 3 rings (SSSR count). The third kappa shape index (κ3) is 4.45. The molecule has 0 unspecified atom stereocenters. The molecule has 0 aliphatic heterocycles. The summed E-state index contributed by atoms with van der Waals surface area (Å²) < 4.78 is 34.2. The number of anilines is 1. The summed E-state index contributed by atoms with van der Waals surface area (Å²) in [6.45, 7) is 4.13. The lowest BCUT2D eigenvalue weighted by Crippen LogP contribution is -2.16. The highest BCUT2D eigenvalue weighted by Crippen LogP contribution is 2.28. The van der Waals surface area contributed by atoms with Crippen LogP contribution in [-0.2, 0) is 11.3 Å². The van der Waals surface area contributed by atoms with Gasteiger partial charge in [0, 0.05) is 17.1 Å². The van der Waals surface area contributed by atoms with Crippen LogP contribution in [0.15, 0.2) is 57.2 Å². The Morgan fingerprint density at radius 3 is 2.89 bits per heavy atom. The number of hydrogen-bond acceptors (Lipinski definition) is 5. The van der Waals surface area contributed by atoms with Crippen LogP contribution < -0.4 is 5.32 Å². The molecule has 140 valence electrons. The molecule has 0 radical (unpaired) electrons. The SMILES string of the molecule is C=CCn1c(SCC(=O)Nc2c(F)cc(F)cc2Br)nnc1-c1ccco1. The van der Waals surface area contributed by atoms with Gasteiger partial charge < -0.3 is 9.73 Å². The predicted octanol–water partition coefficient (Wildman–Crippen LogP) is 4.50. The zero-order chi connectivity index (χ0) is 19.4. The first-order valence-electron chi connectivity index (χ1n) is 7.64. The fraction of sp³-hybridized carbons (Fsp3) is 0.118. The number of thioether (sulfide) groups is 1. The maximum absolute atomic E-state index is 13.8. The Hall–Kier alpha value is -2.46. The number of carbonyl (C=O) groups excluding carboxylic acids is 1. The van der Waals surface area contributed by atoms with Gasteiger partial charge in [-0.25, -0.2) is 8.78 Å². The Balaban J connectivity index is 1.72. The van der Waals surface area contributed by atoms with Crippen LogP contribution >= 0.6 is 27.7 Å². The van der Waals surface area contributed by atoms with Crippen LogP contribution in [0.2, 0.25) is 0 Å². The Morgan fingerprint density at radius 1 is 1.41 bits per heavy atom. The number of nitrogens with one attached hydrogen (secondary N) is 1. The number of furan rings is 1. The van der Waals surface area contributed by atoms with Gasteiger partial charge in [-0.2, -0.15) is 0 Å². The summed E-state index contributed by atoms with van der Waals surface area (Å²) in [6, 6.07) is 5.25. The van der Waals surface area contributed by atoms with E-state index in [1.165, 1.54) is 6.26 Å². The summed E-state index contributed by atoms with van der Waals surface area (Å²) >= 11 is 4.15. The zero-order valence-corrected chi connectivity index (χ0v) is 16.2. The van der Waals surface area contributed by atoms with Gasteiger partial charge in [0.2, 0.25) is 11.7 Å². The van der Waals surface area contributed by atoms with E-state index >= 15 is 0 Å². The lowest BCUT2D eigenvalue weighted by molar-refractivity contribution is -0.113. The maximum atomic E-state index is 13.8. The Kier molecular flexibility index (Phi) is 6.07. The van der Waals surface area contributed by atoms with E-state index in [1.807, 2.05) is 0 Å². The van der Waals surface area contributed by atoms with Crippen LogP contribution in [0.5, 0.6) is 0 Å². The van der Waals surface area contributed by atoms with Gasteiger partial charge in [-0.1, -0.05) is 17.8 Å². The van der Waals surface area contributed by atoms with Crippen molar-refractivity contribution in [2.75, 3.05) is 11.1 Å². The highest BCUT2D eigenvalue weighted by Gasteiger charge is 2.18. The zero-order valence-electron chi connectivity index (χ0n) is 13.8. The molecule has 2 aromatic heterocycles. The van der Waals surface area contributed by atoms with Gasteiger partial charge in [0.05, 0.1) is 17.7 Å². The number of rotatable bonds is 7. The fourth-order valence-corrected chi connectivity index (χ4v) is 3.50. The Labute approximate surface area is 165 Å². The van der Waals surface area contributed by atoms with E-state index in [9.17, 15) is 13.6 Å². The second-order valence-electron chi connectivity index (χ2n) is 5.26. The van der Waals surface area contributed by atoms with Crippen molar-refractivity contribution >= 4 is 39.3 Å². The van der Waals surface area contributed by atoms with Gasteiger partial charge in [-0.15, -0.1) is 16.8 Å². The third-order valence-corrected chi connectivity index (χ3v) is 4.97. The molecule has 1 aromatic carbocycles. The molecule has 0 saturated carbocycles. The van der Waals surface area contributed by atoms with Gasteiger partial charge in [0.1, 0.15) is 5.82 Å². The van der Waals surface area contributed by atoms with Crippen LogP contribution in [-0.4, -0.2) is 26.4 Å². The number of allylic oxidation sites excluding steroid dienone is 1. The average molecular weight is 455 g/mol. The van der Waals surface area contributed by atoms with Crippen molar-refractivity contribution in [1.82, 2.24) is 14.8 Å². The minimum absolute atomic E-state index is 0.0450. The van der Waals surface area contributed by atoms with E-state index in [1.54, 1.807) is 22.8 Å². The van der Waals surface area contributed by atoms with E-state index in [4.69, 9.17) is 4.42 Å². The molecule has 10 heteroatoms. The van der Waals surface area contributed by atoms with Crippen molar-refractivity contribution in [1.29, 1.82) is 0 Å². The van der Waals surface area contributed by atoms with Crippen LogP contribution in [0.4, 0.5) is 14.5 Å². The minimum atomic E-state index is -0.866. The normalized spacial score (nSPS) is 10.8. The molecule has 0 spiro atoms. The van der Waals surface area contributed by atoms with E-state index in [0.29, 0.717) is 29.4 Å². The summed E-state index contributed by atoms with van der Waals surface area (Å²) in [4.78, 5) is 12.2. The molecule has 27 heavy (non-hydrogen) atoms. The number of benzene rings is 1. The number of hydrogen-bond donors (Lipinski definition) is 1. The first kappa shape index (κ1) is 19.3. The topological polar surface area (TPSA) is 73.0 Å². The first-order valence-corrected chi connectivity index (χ1v) is 9.42. The highest BCUT2D eigenvalue weighted by molar-refractivity contribution is 9.10. The molecule has 0 aliphatic carbocycles. The summed E-state index contributed by atoms with van der Waals surface area (Å²) in [5.41, 5.74) is -0.120. The number of halogens is 3. The van der Waals surface area contributed by atoms with Gasteiger partial charge in [0.15, 0.2) is 16.7 Å². The van der Waals surface area contributed by atoms with E-state index in [-0.39, 0.29) is 15.9 Å². The molecule has 0 atom stereocenters. The maximum Gasteiger partial charge on any atom is 0.234 e. The van der Waals surface area contributed by atoms with Crippen molar-refractivity contribution in [3.8, 4) is 11.6 Å². The van der Waals surface area contributed by atoms with Crippen molar-refractivity contribution < 1.29 is 18.0 Å². The summed E-state index contributed by atoms with van der Waals surface area (Å²) in [5.74, 6) is -1.08. The minimum Gasteiger partial charge on any atom is -0.461 e. The monoisotopic (exact) mass is 454 g/mol. The fourth-order valence-electron chi connectivity index (χ4n) is 2.24. The molecule has 0 bridgehead atoms. The molecular weight excluding hydrogens is 442 g/mol. The standard InChI is InChI=1S/C17H13BrF2N4O2S/c1-2-5-24-16(13-4-3-6-26-13)22-23-17(24)27-9-14(25)21-15-11(18)7-10(19)8-12(15)20/h2-4,6-8H,1,5,9H2,(H,21,25). The molecule has 0 saturated heterocycles. The Bertz CT molecular complexity index is 952. The van der Waals surface area contributed by atoms with E-state index < -0.39 is 17.5 Å². The van der Waals surface area contributed by atoms with Crippen LogP contribution in [0.3, 0.4) is 0 Å². The largest absolute Gasteiger partial charge is 0.461 e. The second-order valence-corrected chi connectivity index (χ2v) is 7.06. The average Bonchev–Trinajstić information content (AvgIpc) is 3.26. The number of nitrogens with zero attached hydrogens (tertiary/aromatic N) is 3. The molecule has 0 fully saturated rings. The van der Waals surface area contributed by atoms with Gasteiger partial charge in [-0.3, -0.25) is 9.36 Å². The highest BCUT2D eigenvalue weighted by atomic mass is 79.9. The summed E-state index contributed by atoms with van der Waals surface area (Å²) in [7, 11) is 0. The van der Waals surface area contributed by atoms with Crippen molar-refractivity contribution in [2.45, 2.75) is 11.7 Å². The van der Waals surface area contributed by atoms with Gasteiger partial charge in [0.25, 0.3) is 0 Å². The molecule has 3 aromatic rings. The first-order chi connectivity index (χ1) is 13.0. The number of carbonyl (C=O) groups is 1. The predicted molar refractivity (Wildman–Crippen MR) is 101 cm³/mol. The molecule has 1 amide bonds. The quantitative estimate of drug-likeness (QED) is 0.420. The van der Waals surface area contributed by atoms with Crippen LogP contribution in [0.1, 0.15) is 0 Å². The second kappa shape index (κ2) is 8.49. The van der Waals surface area contributed by atoms with Crippen molar-refractivity contribution in [2.24, 2.45) is 0 Å². The Morgan fingerprint density at radius 2 is 2.22 bits per heavy atom. The summed E-state index contributed by atoms with van der Waals surface area (Å²) in [6.07, 6.45) is 3.20. The molecule has 6 nitrogen and oxygen atoms in total. The number of aromatic nitrogens is 3. The molecule has 2 heterocycles.